The molecule has 0 unspecified atom stereocenters. The van der Waals surface area contributed by atoms with E-state index in [0.717, 1.165) is 29.2 Å². The monoisotopic (exact) mass is 392 g/mol. The van der Waals surface area contributed by atoms with E-state index in [1.165, 1.54) is 12.3 Å². The fourth-order valence-electron chi connectivity index (χ4n) is 3.01. The number of hydrogen-bond acceptors (Lipinski definition) is 6. The zero-order chi connectivity index (χ0) is 20.2. The van der Waals surface area contributed by atoms with Crippen molar-refractivity contribution in [1.29, 1.82) is 0 Å². The first-order valence-electron chi connectivity index (χ1n) is 9.40. The van der Waals surface area contributed by atoms with Gasteiger partial charge in [0.05, 0.1) is 23.3 Å². The Morgan fingerprint density at radius 1 is 1.21 bits per heavy atom. The van der Waals surface area contributed by atoms with Gasteiger partial charge >= 0.3 is 0 Å². The van der Waals surface area contributed by atoms with Gasteiger partial charge in [-0.3, -0.25) is 9.97 Å². The van der Waals surface area contributed by atoms with E-state index in [2.05, 4.69) is 30.2 Å². The van der Waals surface area contributed by atoms with Crippen LogP contribution in [0.5, 0.6) is 5.88 Å². The Labute approximate surface area is 167 Å². The van der Waals surface area contributed by atoms with Crippen LogP contribution in [0.1, 0.15) is 19.4 Å². The Balaban J connectivity index is 1.54. The number of nitrogens with zero attached hydrogens (tertiary/aromatic N) is 4. The van der Waals surface area contributed by atoms with Gasteiger partial charge in [0.25, 0.3) is 0 Å². The summed E-state index contributed by atoms with van der Waals surface area (Å²) < 4.78 is 19.3. The molecule has 0 amide bonds. The van der Waals surface area contributed by atoms with Crippen LogP contribution in [0.4, 0.5) is 10.2 Å². The number of nitrogens with one attached hydrogen (secondary N) is 2. The van der Waals surface area contributed by atoms with E-state index >= 15 is 0 Å². The summed E-state index contributed by atoms with van der Waals surface area (Å²) in [6.07, 6.45) is 7.14. The highest BCUT2D eigenvalue weighted by Gasteiger charge is 2.11. The number of aromatic nitrogens is 5. The summed E-state index contributed by atoms with van der Waals surface area (Å²) in [6, 6.07) is 6.99. The van der Waals surface area contributed by atoms with Gasteiger partial charge in [-0.15, -0.1) is 0 Å². The van der Waals surface area contributed by atoms with Gasteiger partial charge in [0.15, 0.2) is 5.82 Å². The summed E-state index contributed by atoms with van der Waals surface area (Å²) in [5.41, 5.74) is 3.59. The molecule has 0 atom stereocenters. The van der Waals surface area contributed by atoms with Crippen LogP contribution in [0.25, 0.3) is 22.4 Å². The van der Waals surface area contributed by atoms with Crippen LogP contribution >= 0.6 is 0 Å². The normalized spacial score (nSPS) is 11.2. The number of aromatic amines is 1. The lowest BCUT2D eigenvalue weighted by molar-refractivity contribution is 0.232. The summed E-state index contributed by atoms with van der Waals surface area (Å²) in [6.45, 7) is 4.48. The number of pyridine rings is 2. The molecule has 0 saturated heterocycles. The summed E-state index contributed by atoms with van der Waals surface area (Å²) in [5, 5.41) is 3.30. The van der Waals surface area contributed by atoms with Crippen molar-refractivity contribution in [3.63, 3.8) is 0 Å². The first kappa shape index (κ1) is 18.8. The predicted molar refractivity (Wildman–Crippen MR) is 109 cm³/mol. The zero-order valence-electron chi connectivity index (χ0n) is 16.2. The van der Waals surface area contributed by atoms with E-state index in [9.17, 15) is 4.39 Å². The standard InChI is InChI=1S/C21H21FN6O/c1-13(2)29-19-9-18(27-21(28-19)15-8-16(22)12-23-10-15)24-7-5-14-11-26-17-4-3-6-25-20(14)17/h3-4,6,8-13,26H,5,7H2,1-2H3,(H,24,27,28). The molecule has 7 nitrogen and oxygen atoms in total. The Hall–Kier alpha value is -3.55. The average molecular weight is 392 g/mol. The van der Waals surface area contributed by atoms with E-state index < -0.39 is 5.82 Å². The number of anilines is 1. The van der Waals surface area contributed by atoms with E-state index in [4.69, 9.17) is 4.74 Å². The topological polar surface area (TPSA) is 88.6 Å². The lowest BCUT2D eigenvalue weighted by atomic mass is 10.2. The largest absolute Gasteiger partial charge is 0.475 e. The van der Waals surface area contributed by atoms with Crippen LogP contribution in [0.15, 0.2) is 49.1 Å². The summed E-state index contributed by atoms with van der Waals surface area (Å²) in [4.78, 5) is 20.4. The molecule has 0 spiro atoms. The van der Waals surface area contributed by atoms with Gasteiger partial charge in [0, 0.05) is 36.8 Å². The van der Waals surface area contributed by atoms with Crippen molar-refractivity contribution in [1.82, 2.24) is 24.9 Å². The van der Waals surface area contributed by atoms with Gasteiger partial charge in [-0.2, -0.15) is 4.98 Å². The van der Waals surface area contributed by atoms with Crippen LogP contribution < -0.4 is 10.1 Å². The van der Waals surface area contributed by atoms with Gasteiger partial charge in [0.1, 0.15) is 11.6 Å². The third-order valence-corrected chi connectivity index (χ3v) is 4.24. The van der Waals surface area contributed by atoms with Gasteiger partial charge < -0.3 is 15.0 Å². The first-order chi connectivity index (χ1) is 14.1. The molecule has 0 aromatic carbocycles. The van der Waals surface area contributed by atoms with Gasteiger partial charge in [-0.1, -0.05) is 0 Å². The molecule has 0 fully saturated rings. The lowest BCUT2D eigenvalue weighted by Gasteiger charge is -2.13. The molecule has 0 bridgehead atoms. The Kier molecular flexibility index (Phi) is 5.33. The van der Waals surface area contributed by atoms with Crippen LogP contribution in [0, 0.1) is 5.82 Å². The highest BCUT2D eigenvalue weighted by Crippen LogP contribution is 2.22. The predicted octanol–water partition coefficient (Wildman–Crippen LogP) is 4.00. The fourth-order valence-corrected chi connectivity index (χ4v) is 3.01. The first-order valence-corrected chi connectivity index (χ1v) is 9.40. The second-order valence-electron chi connectivity index (χ2n) is 6.86. The Bertz CT molecular complexity index is 1130. The molecule has 0 aliphatic carbocycles. The van der Waals surface area contributed by atoms with Gasteiger partial charge in [-0.05, 0) is 44.0 Å². The van der Waals surface area contributed by atoms with E-state index in [-0.39, 0.29) is 6.10 Å². The second-order valence-corrected chi connectivity index (χ2v) is 6.86. The maximum absolute atomic E-state index is 13.6. The quantitative estimate of drug-likeness (QED) is 0.494. The van der Waals surface area contributed by atoms with Gasteiger partial charge in [0.2, 0.25) is 5.88 Å². The Morgan fingerprint density at radius 2 is 2.10 bits per heavy atom. The van der Waals surface area contributed by atoms with Crippen molar-refractivity contribution < 1.29 is 9.13 Å². The second kappa shape index (κ2) is 8.22. The highest BCUT2D eigenvalue weighted by atomic mass is 19.1. The molecule has 0 saturated carbocycles. The Morgan fingerprint density at radius 3 is 2.93 bits per heavy atom. The minimum atomic E-state index is -0.442. The molecule has 0 aliphatic rings. The van der Waals surface area contributed by atoms with Crippen LogP contribution in [-0.2, 0) is 6.42 Å². The smallest absolute Gasteiger partial charge is 0.219 e. The molecule has 29 heavy (non-hydrogen) atoms. The third kappa shape index (κ3) is 4.48. The van der Waals surface area contributed by atoms with E-state index in [1.807, 2.05) is 32.2 Å². The van der Waals surface area contributed by atoms with E-state index in [1.54, 1.807) is 12.3 Å². The number of hydrogen-bond donors (Lipinski definition) is 2. The van der Waals surface area contributed by atoms with Crippen molar-refractivity contribution in [2.24, 2.45) is 0 Å². The molecule has 4 heterocycles. The van der Waals surface area contributed by atoms with Gasteiger partial charge in [-0.25, -0.2) is 9.37 Å². The molecule has 148 valence electrons. The minimum Gasteiger partial charge on any atom is -0.475 e. The SMILES string of the molecule is CC(C)Oc1cc(NCCc2c[nH]c3cccnc23)nc(-c2cncc(F)c2)n1. The summed E-state index contributed by atoms with van der Waals surface area (Å²) in [5.74, 6) is 0.933. The highest BCUT2D eigenvalue weighted by molar-refractivity contribution is 5.78. The number of fused-ring (bicyclic) bond motifs is 1. The molecule has 0 radical (unpaired) electrons. The molecular weight excluding hydrogens is 371 g/mol. The van der Waals surface area contributed by atoms with Crippen molar-refractivity contribution in [3.8, 4) is 17.3 Å². The minimum absolute atomic E-state index is 0.0477. The summed E-state index contributed by atoms with van der Waals surface area (Å²) >= 11 is 0. The number of rotatable bonds is 7. The average Bonchev–Trinajstić information content (AvgIpc) is 3.11. The van der Waals surface area contributed by atoms with E-state index in [0.29, 0.717) is 29.6 Å². The van der Waals surface area contributed by atoms with Crippen LogP contribution in [0.2, 0.25) is 0 Å². The molecule has 8 heteroatoms. The molecule has 2 N–H and O–H groups in total. The zero-order valence-corrected chi connectivity index (χ0v) is 16.2. The fraction of sp³-hybridized carbons (Fsp3) is 0.238. The lowest BCUT2D eigenvalue weighted by Crippen LogP contribution is -2.11. The maximum Gasteiger partial charge on any atom is 0.219 e. The third-order valence-electron chi connectivity index (χ3n) is 4.24. The van der Waals surface area contributed by atoms with Crippen molar-refractivity contribution in [3.05, 3.63) is 60.4 Å². The summed E-state index contributed by atoms with van der Waals surface area (Å²) in [7, 11) is 0. The number of halogens is 1. The molecule has 4 aromatic heterocycles. The van der Waals surface area contributed by atoms with Crippen molar-refractivity contribution in [2.45, 2.75) is 26.4 Å². The molecular formula is C21H21FN6O. The molecule has 4 rings (SSSR count). The molecule has 4 aromatic rings. The van der Waals surface area contributed by atoms with Crippen LogP contribution in [-0.4, -0.2) is 37.6 Å². The number of H-pyrrole nitrogens is 1. The van der Waals surface area contributed by atoms with Crippen molar-refractivity contribution >= 4 is 16.9 Å². The van der Waals surface area contributed by atoms with Crippen molar-refractivity contribution in [2.75, 3.05) is 11.9 Å². The van der Waals surface area contributed by atoms with Crippen LogP contribution in [0.3, 0.4) is 0 Å². The molecule has 0 aliphatic heterocycles. The maximum atomic E-state index is 13.6. The number of ether oxygens (including phenoxy) is 1.